The van der Waals surface area contributed by atoms with Gasteiger partial charge in [-0.15, -0.1) is 10.2 Å². The number of methoxy groups -OCH3 is 1. The molecule has 0 saturated heterocycles. The number of carbonyl (C=O) groups excluding carboxylic acids is 1. The Morgan fingerprint density at radius 1 is 1.36 bits per heavy atom. The molecule has 130 valence electrons. The van der Waals surface area contributed by atoms with Crippen LogP contribution >= 0.6 is 34.7 Å². The summed E-state index contributed by atoms with van der Waals surface area (Å²) in [6, 6.07) is 8.04. The normalized spacial score (nSPS) is 10.9. The standard InChI is InChI=1S/C16H15ClN4O2S2/c1-4-21-13(10-8-6-5-7-9(10)2)19-20-15(21)25-16-18-12(17)11(24-16)14(22)23-3/h5-8H,4H2,1-3H3. The number of esters is 1. The lowest BCUT2D eigenvalue weighted by atomic mass is 10.1. The zero-order valence-electron chi connectivity index (χ0n) is 13.8. The summed E-state index contributed by atoms with van der Waals surface area (Å²) in [7, 11) is 1.31. The van der Waals surface area contributed by atoms with Gasteiger partial charge in [0.05, 0.1) is 7.11 Å². The maximum atomic E-state index is 11.7. The quantitative estimate of drug-likeness (QED) is 0.600. The van der Waals surface area contributed by atoms with Gasteiger partial charge < -0.3 is 9.30 Å². The molecular weight excluding hydrogens is 380 g/mol. The summed E-state index contributed by atoms with van der Waals surface area (Å²) in [5.41, 5.74) is 2.17. The molecule has 0 aliphatic heterocycles. The molecule has 3 rings (SSSR count). The first-order chi connectivity index (χ1) is 12.0. The molecule has 0 atom stereocenters. The van der Waals surface area contributed by atoms with Crippen molar-refractivity contribution in [1.82, 2.24) is 19.7 Å². The largest absolute Gasteiger partial charge is 0.465 e. The zero-order valence-corrected chi connectivity index (χ0v) is 16.2. The van der Waals surface area contributed by atoms with Crippen LogP contribution in [-0.2, 0) is 11.3 Å². The molecule has 0 bridgehead atoms. The minimum absolute atomic E-state index is 0.140. The summed E-state index contributed by atoms with van der Waals surface area (Å²) >= 11 is 8.53. The van der Waals surface area contributed by atoms with E-state index in [2.05, 4.69) is 15.2 Å². The molecule has 0 radical (unpaired) electrons. The molecule has 0 fully saturated rings. The van der Waals surface area contributed by atoms with E-state index >= 15 is 0 Å². The van der Waals surface area contributed by atoms with Gasteiger partial charge in [0.1, 0.15) is 0 Å². The molecule has 6 nitrogen and oxygen atoms in total. The van der Waals surface area contributed by atoms with Crippen LogP contribution in [0.4, 0.5) is 0 Å². The first-order valence-corrected chi connectivity index (χ1v) is 9.48. The second kappa shape index (κ2) is 7.55. The van der Waals surface area contributed by atoms with Crippen molar-refractivity contribution < 1.29 is 9.53 Å². The first kappa shape index (κ1) is 17.9. The molecule has 25 heavy (non-hydrogen) atoms. The zero-order chi connectivity index (χ0) is 18.0. The summed E-state index contributed by atoms with van der Waals surface area (Å²) in [6.45, 7) is 4.78. The molecule has 0 amide bonds. The molecule has 0 unspecified atom stereocenters. The maximum absolute atomic E-state index is 11.7. The Labute approximate surface area is 158 Å². The van der Waals surface area contributed by atoms with Gasteiger partial charge in [-0.1, -0.05) is 47.2 Å². The number of halogens is 1. The third-order valence-electron chi connectivity index (χ3n) is 3.53. The van der Waals surface area contributed by atoms with Crippen molar-refractivity contribution in [3.8, 4) is 11.4 Å². The predicted octanol–water partition coefficient (Wildman–Crippen LogP) is 4.32. The van der Waals surface area contributed by atoms with E-state index in [0.29, 0.717) is 16.0 Å². The first-order valence-electron chi connectivity index (χ1n) is 7.46. The lowest BCUT2D eigenvalue weighted by Gasteiger charge is -2.08. The third-order valence-corrected chi connectivity index (χ3v) is 6.00. The number of carbonyl (C=O) groups is 1. The van der Waals surface area contributed by atoms with E-state index in [0.717, 1.165) is 17.0 Å². The van der Waals surface area contributed by atoms with E-state index in [9.17, 15) is 4.79 Å². The van der Waals surface area contributed by atoms with E-state index < -0.39 is 5.97 Å². The van der Waals surface area contributed by atoms with Crippen LogP contribution in [0.5, 0.6) is 0 Å². The predicted molar refractivity (Wildman–Crippen MR) is 98.5 cm³/mol. The summed E-state index contributed by atoms with van der Waals surface area (Å²) in [4.78, 5) is 16.2. The maximum Gasteiger partial charge on any atom is 0.351 e. The Morgan fingerprint density at radius 3 is 2.80 bits per heavy atom. The highest BCUT2D eigenvalue weighted by molar-refractivity contribution is 8.00. The Bertz CT molecular complexity index is 923. The summed E-state index contributed by atoms with van der Waals surface area (Å²) in [5.74, 6) is 0.311. The fourth-order valence-corrected chi connectivity index (χ4v) is 4.62. The summed E-state index contributed by atoms with van der Waals surface area (Å²) in [5, 5.41) is 9.46. The van der Waals surface area contributed by atoms with Crippen LogP contribution in [0.15, 0.2) is 33.8 Å². The van der Waals surface area contributed by atoms with Gasteiger partial charge in [-0.25, -0.2) is 9.78 Å². The van der Waals surface area contributed by atoms with Crippen molar-refractivity contribution >= 4 is 40.7 Å². The van der Waals surface area contributed by atoms with Crippen LogP contribution in [0, 0.1) is 6.92 Å². The van der Waals surface area contributed by atoms with Crippen molar-refractivity contribution in [3.05, 3.63) is 39.9 Å². The summed E-state index contributed by atoms with van der Waals surface area (Å²) in [6.07, 6.45) is 0. The number of aromatic nitrogens is 4. The van der Waals surface area contributed by atoms with E-state index in [-0.39, 0.29) is 10.0 Å². The van der Waals surface area contributed by atoms with Crippen molar-refractivity contribution in [1.29, 1.82) is 0 Å². The highest BCUT2D eigenvalue weighted by Crippen LogP contribution is 2.36. The van der Waals surface area contributed by atoms with Crippen molar-refractivity contribution in [2.24, 2.45) is 0 Å². The monoisotopic (exact) mass is 394 g/mol. The van der Waals surface area contributed by atoms with Gasteiger partial charge in [-0.2, -0.15) is 0 Å². The Kier molecular flexibility index (Phi) is 5.41. The van der Waals surface area contributed by atoms with E-state index in [1.165, 1.54) is 30.2 Å². The van der Waals surface area contributed by atoms with Gasteiger partial charge in [0.25, 0.3) is 0 Å². The Morgan fingerprint density at radius 2 is 2.12 bits per heavy atom. The van der Waals surface area contributed by atoms with E-state index in [1.54, 1.807) is 0 Å². The second-order valence-electron chi connectivity index (χ2n) is 5.06. The molecule has 0 N–H and O–H groups in total. The summed E-state index contributed by atoms with van der Waals surface area (Å²) < 4.78 is 7.33. The van der Waals surface area contributed by atoms with Crippen LogP contribution in [0.25, 0.3) is 11.4 Å². The SMILES string of the molecule is CCn1c(Sc2nc(Cl)c(C(=O)OC)s2)nnc1-c1ccccc1C. The fraction of sp³-hybridized carbons (Fsp3) is 0.250. The minimum Gasteiger partial charge on any atom is -0.465 e. The Balaban J connectivity index is 1.95. The van der Waals surface area contributed by atoms with Gasteiger partial charge in [0.15, 0.2) is 25.4 Å². The molecule has 1 aromatic carbocycles. The van der Waals surface area contributed by atoms with Crippen molar-refractivity contribution in [3.63, 3.8) is 0 Å². The number of nitrogens with zero attached hydrogens (tertiary/aromatic N) is 4. The number of benzene rings is 1. The van der Waals surface area contributed by atoms with Crippen LogP contribution in [0.1, 0.15) is 22.2 Å². The molecule has 2 aromatic heterocycles. The second-order valence-corrected chi connectivity index (χ2v) is 7.63. The molecule has 0 aliphatic rings. The minimum atomic E-state index is -0.494. The van der Waals surface area contributed by atoms with Gasteiger partial charge in [0.2, 0.25) is 0 Å². The lowest BCUT2D eigenvalue weighted by molar-refractivity contribution is 0.0606. The number of rotatable bonds is 5. The fourth-order valence-electron chi connectivity index (χ4n) is 2.30. The van der Waals surface area contributed by atoms with E-state index in [1.807, 2.05) is 42.7 Å². The third kappa shape index (κ3) is 3.56. The van der Waals surface area contributed by atoms with Crippen LogP contribution < -0.4 is 0 Å². The average Bonchev–Trinajstić information content (AvgIpc) is 3.18. The van der Waals surface area contributed by atoms with Crippen LogP contribution in [-0.4, -0.2) is 32.8 Å². The number of aryl methyl sites for hydroxylation is 1. The van der Waals surface area contributed by atoms with Crippen LogP contribution in [0.2, 0.25) is 5.15 Å². The topological polar surface area (TPSA) is 69.9 Å². The molecule has 9 heteroatoms. The molecule has 3 aromatic rings. The Hall–Kier alpha value is -1.90. The smallest absolute Gasteiger partial charge is 0.351 e. The number of hydrogen-bond acceptors (Lipinski definition) is 7. The van der Waals surface area contributed by atoms with Gasteiger partial charge in [-0.05, 0) is 31.2 Å². The molecular formula is C16H15ClN4O2S2. The van der Waals surface area contributed by atoms with Crippen molar-refractivity contribution in [2.45, 2.75) is 29.9 Å². The average molecular weight is 395 g/mol. The van der Waals surface area contributed by atoms with Gasteiger partial charge in [-0.3, -0.25) is 0 Å². The van der Waals surface area contributed by atoms with Crippen LogP contribution in [0.3, 0.4) is 0 Å². The molecule has 0 saturated carbocycles. The number of thiazole rings is 1. The number of ether oxygens (including phenoxy) is 1. The van der Waals surface area contributed by atoms with E-state index in [4.69, 9.17) is 16.3 Å². The highest BCUT2D eigenvalue weighted by atomic mass is 35.5. The molecule has 0 aliphatic carbocycles. The van der Waals surface area contributed by atoms with Gasteiger partial charge >= 0.3 is 5.97 Å². The van der Waals surface area contributed by atoms with Crippen molar-refractivity contribution in [2.75, 3.05) is 7.11 Å². The molecule has 2 heterocycles. The highest BCUT2D eigenvalue weighted by Gasteiger charge is 2.21. The van der Waals surface area contributed by atoms with Gasteiger partial charge in [0, 0.05) is 12.1 Å². The molecule has 0 spiro atoms. The number of hydrogen-bond donors (Lipinski definition) is 0. The lowest BCUT2D eigenvalue weighted by Crippen LogP contribution is -2.00.